The zero-order chi connectivity index (χ0) is 17.7. The van der Waals surface area contributed by atoms with Crippen molar-refractivity contribution in [3.63, 3.8) is 0 Å². The molecule has 0 unspecified atom stereocenters. The van der Waals surface area contributed by atoms with Crippen molar-refractivity contribution in [2.24, 2.45) is 0 Å². The Morgan fingerprint density at radius 1 is 1.09 bits per heavy atom. The van der Waals surface area contributed by atoms with Crippen LogP contribution in [0.15, 0.2) is 30.3 Å². The lowest BCUT2D eigenvalue weighted by Crippen LogP contribution is -2.62. The lowest BCUT2D eigenvalue weighted by Gasteiger charge is -2.52. The number of hydrogen-bond acceptors (Lipinski definition) is 5. The summed E-state index contributed by atoms with van der Waals surface area (Å²) < 4.78 is 6.11. The molecule has 0 radical (unpaired) electrons. The molecule has 0 amide bonds. The van der Waals surface area contributed by atoms with E-state index in [1.807, 2.05) is 42.2 Å². The minimum atomic E-state index is -0.279. The maximum atomic E-state index is 11.4. The van der Waals surface area contributed by atoms with Gasteiger partial charge in [0.25, 0.3) is 0 Å². The van der Waals surface area contributed by atoms with Crippen molar-refractivity contribution in [2.45, 2.75) is 64.6 Å². The lowest BCUT2D eigenvalue weighted by atomic mass is 9.80. The largest absolute Gasteiger partial charge is 0.490 e. The van der Waals surface area contributed by atoms with Crippen LogP contribution >= 0.6 is 0 Å². The second-order valence-electron chi connectivity index (χ2n) is 6.96. The average Bonchev–Trinajstić information content (AvgIpc) is 2.45. The Morgan fingerprint density at radius 3 is 2.00 bits per heavy atom. The molecule has 1 aliphatic rings. The Bertz CT molecular complexity index is 495. The molecule has 1 aromatic rings. The van der Waals surface area contributed by atoms with E-state index in [0.29, 0.717) is 0 Å². The summed E-state index contributed by atoms with van der Waals surface area (Å²) in [5.41, 5.74) is -0.542. The maximum Gasteiger partial charge on any atom is 0.322 e. The van der Waals surface area contributed by atoms with Gasteiger partial charge in [0.1, 0.15) is 18.6 Å². The number of carbonyl (C=O) groups excluding carboxylic acids is 2. The molecular formula is C18H27NO4. The monoisotopic (exact) mass is 321 g/mol. The number of piperidine rings is 1. The first-order valence-corrected chi connectivity index (χ1v) is 7.70. The molecule has 0 aromatic heterocycles. The van der Waals surface area contributed by atoms with Gasteiger partial charge in [-0.25, -0.2) is 0 Å². The lowest BCUT2D eigenvalue weighted by molar-refractivity contribution is -0.273. The highest BCUT2D eigenvalue weighted by Crippen LogP contribution is 2.40. The summed E-state index contributed by atoms with van der Waals surface area (Å²) in [6, 6.07) is 9.86. The molecular weight excluding hydrogens is 294 g/mol. The second kappa shape index (κ2) is 7.59. The zero-order valence-corrected chi connectivity index (χ0v) is 14.7. The van der Waals surface area contributed by atoms with Gasteiger partial charge in [-0.05, 0) is 39.8 Å². The highest BCUT2D eigenvalue weighted by atomic mass is 16.7. The molecule has 2 rings (SSSR count). The first-order chi connectivity index (χ1) is 10.7. The predicted octanol–water partition coefficient (Wildman–Crippen LogP) is 3.38. The number of hydrogen-bond donors (Lipinski definition) is 0. The highest BCUT2D eigenvalue weighted by Gasteiger charge is 2.48. The van der Waals surface area contributed by atoms with E-state index >= 15 is 0 Å². The summed E-state index contributed by atoms with van der Waals surface area (Å²) in [5.74, 6) is 0.605. The fraction of sp³-hybridized carbons (Fsp3) is 0.556. The third kappa shape index (κ3) is 5.06. The molecule has 1 heterocycles. The van der Waals surface area contributed by atoms with Gasteiger partial charge < -0.3 is 14.4 Å². The van der Waals surface area contributed by atoms with Crippen LogP contribution in [0.2, 0.25) is 0 Å². The normalized spacial score (nSPS) is 20.0. The summed E-state index contributed by atoms with van der Waals surface area (Å²) in [6.07, 6.45) is 1.71. The summed E-state index contributed by atoms with van der Waals surface area (Å²) in [7, 11) is 0. The topological polar surface area (TPSA) is 55.8 Å². The molecule has 1 fully saturated rings. The van der Waals surface area contributed by atoms with Crippen molar-refractivity contribution < 1.29 is 19.2 Å². The van der Waals surface area contributed by atoms with Crippen molar-refractivity contribution in [3.8, 4) is 5.75 Å². The quantitative estimate of drug-likeness (QED) is 0.854. The number of nitrogens with zero attached hydrogens (tertiary/aromatic N) is 1. The van der Waals surface area contributed by atoms with Crippen molar-refractivity contribution >= 4 is 12.8 Å². The molecule has 0 N–H and O–H groups in total. The summed E-state index contributed by atoms with van der Waals surface area (Å²) in [4.78, 5) is 24.8. The highest BCUT2D eigenvalue weighted by molar-refractivity contribution is 5.65. The number of carbonyl (C=O) groups is 2. The maximum absolute atomic E-state index is 11.4. The molecule has 1 aromatic carbocycles. The third-order valence-corrected chi connectivity index (χ3v) is 3.82. The third-order valence-electron chi connectivity index (χ3n) is 3.82. The standard InChI is InChI=1S/C17H25NO3.CH2O/c1-13(19)21-18-16(2,3)11-15(12-17(18,4)5)20-14-9-7-6-8-10-14;1-2/h6-10,15H,11-12H2,1-5H3;1H2. The van der Waals surface area contributed by atoms with Crippen molar-refractivity contribution in [3.05, 3.63) is 30.3 Å². The van der Waals surface area contributed by atoms with Gasteiger partial charge in [0.2, 0.25) is 0 Å². The predicted molar refractivity (Wildman–Crippen MR) is 89.0 cm³/mol. The molecule has 0 spiro atoms. The van der Waals surface area contributed by atoms with Crippen LogP contribution in [0.5, 0.6) is 5.75 Å². The van der Waals surface area contributed by atoms with Crippen LogP contribution in [0.3, 0.4) is 0 Å². The second-order valence-corrected chi connectivity index (χ2v) is 6.96. The number of para-hydroxylation sites is 1. The van der Waals surface area contributed by atoms with Gasteiger partial charge in [-0.3, -0.25) is 4.79 Å². The number of rotatable bonds is 3. The van der Waals surface area contributed by atoms with E-state index in [1.54, 1.807) is 0 Å². The van der Waals surface area contributed by atoms with Crippen molar-refractivity contribution in [1.29, 1.82) is 0 Å². The number of ether oxygens (including phenoxy) is 1. The number of benzene rings is 1. The Kier molecular flexibility index (Phi) is 6.33. The van der Waals surface area contributed by atoms with Gasteiger partial charge in [0.05, 0.1) is 11.1 Å². The van der Waals surface area contributed by atoms with Gasteiger partial charge >= 0.3 is 5.97 Å². The molecule has 23 heavy (non-hydrogen) atoms. The van der Waals surface area contributed by atoms with Crippen LogP contribution in [-0.2, 0) is 14.4 Å². The smallest absolute Gasteiger partial charge is 0.322 e. The van der Waals surface area contributed by atoms with Crippen LogP contribution < -0.4 is 4.74 Å². The molecule has 5 heteroatoms. The minimum Gasteiger partial charge on any atom is -0.490 e. The van der Waals surface area contributed by atoms with Crippen molar-refractivity contribution in [1.82, 2.24) is 5.06 Å². The SMILES string of the molecule is C=O.CC(=O)ON1C(C)(C)CC(Oc2ccccc2)CC1(C)C. The number of hydroxylamine groups is 2. The average molecular weight is 321 g/mol. The van der Waals surface area contributed by atoms with Crippen LogP contribution in [0.4, 0.5) is 0 Å². The van der Waals surface area contributed by atoms with Gasteiger partial charge in [0.15, 0.2) is 0 Å². The van der Waals surface area contributed by atoms with E-state index in [1.165, 1.54) is 6.92 Å². The molecule has 0 saturated carbocycles. The van der Waals surface area contributed by atoms with Gasteiger partial charge in [-0.1, -0.05) is 18.2 Å². The van der Waals surface area contributed by atoms with Crippen LogP contribution in [0.1, 0.15) is 47.5 Å². The zero-order valence-electron chi connectivity index (χ0n) is 14.7. The molecule has 1 saturated heterocycles. The van der Waals surface area contributed by atoms with E-state index in [2.05, 4.69) is 27.7 Å². The van der Waals surface area contributed by atoms with Gasteiger partial charge in [-0.15, -0.1) is 5.06 Å². The Labute approximate surface area is 138 Å². The summed E-state index contributed by atoms with van der Waals surface area (Å²) in [6.45, 7) is 11.8. The molecule has 0 bridgehead atoms. The van der Waals surface area contributed by atoms with E-state index in [9.17, 15) is 4.79 Å². The summed E-state index contributed by atoms with van der Waals surface area (Å²) >= 11 is 0. The first kappa shape index (κ1) is 19.2. The Morgan fingerprint density at radius 2 is 1.57 bits per heavy atom. The van der Waals surface area contributed by atoms with Crippen LogP contribution in [0.25, 0.3) is 0 Å². The molecule has 5 nitrogen and oxygen atoms in total. The fourth-order valence-corrected chi connectivity index (χ4v) is 3.32. The van der Waals surface area contributed by atoms with Gasteiger partial charge in [0, 0.05) is 19.8 Å². The van der Waals surface area contributed by atoms with Crippen molar-refractivity contribution in [2.75, 3.05) is 0 Å². The van der Waals surface area contributed by atoms with Crippen LogP contribution in [0, 0.1) is 0 Å². The molecule has 128 valence electrons. The Balaban J connectivity index is 0.00000127. The first-order valence-electron chi connectivity index (χ1n) is 7.70. The van der Waals surface area contributed by atoms with Crippen LogP contribution in [-0.4, -0.2) is 35.0 Å². The summed E-state index contributed by atoms with van der Waals surface area (Å²) in [5, 5.41) is 1.83. The Hall–Kier alpha value is -1.88. The fourth-order valence-electron chi connectivity index (χ4n) is 3.32. The molecule has 1 aliphatic heterocycles. The van der Waals surface area contributed by atoms with Gasteiger partial charge in [-0.2, -0.15) is 0 Å². The van der Waals surface area contributed by atoms with E-state index < -0.39 is 0 Å². The minimum absolute atomic E-state index is 0.101. The molecule has 0 aliphatic carbocycles. The molecule has 0 atom stereocenters. The van der Waals surface area contributed by atoms with E-state index in [-0.39, 0.29) is 23.2 Å². The van der Waals surface area contributed by atoms with E-state index in [4.69, 9.17) is 14.4 Å². The van der Waals surface area contributed by atoms with E-state index in [0.717, 1.165) is 18.6 Å².